The molecule has 2 rings (SSSR count). The van der Waals surface area contributed by atoms with Crippen molar-refractivity contribution in [2.75, 3.05) is 6.54 Å². The normalized spacial score (nSPS) is 23.5. The highest BCUT2D eigenvalue weighted by atomic mass is 16.4. The molecule has 0 radical (unpaired) electrons. The van der Waals surface area contributed by atoms with Crippen molar-refractivity contribution in [1.82, 2.24) is 5.32 Å². The van der Waals surface area contributed by atoms with E-state index in [0.29, 0.717) is 18.5 Å². The first-order valence-corrected chi connectivity index (χ1v) is 4.71. The van der Waals surface area contributed by atoms with Crippen molar-refractivity contribution in [3.05, 3.63) is 24.2 Å². The van der Waals surface area contributed by atoms with Gasteiger partial charge < -0.3 is 14.8 Å². The Morgan fingerprint density at radius 3 is 2.93 bits per heavy atom. The average Bonchev–Trinajstić information content (AvgIpc) is 2.78. The van der Waals surface area contributed by atoms with Crippen molar-refractivity contribution < 1.29 is 19.1 Å². The number of hydrogen-bond acceptors (Lipinski definition) is 3. The average molecular weight is 209 g/mol. The van der Waals surface area contributed by atoms with Crippen LogP contribution in [0, 0.1) is 11.8 Å². The third kappa shape index (κ3) is 2.18. The molecular formula is C10H11NO4. The SMILES string of the molecule is O=C(NC[C@H]1C[C@H]1C(=O)O)c1ccoc1. The van der Waals surface area contributed by atoms with Crippen LogP contribution in [0.15, 0.2) is 23.0 Å². The molecule has 80 valence electrons. The lowest BCUT2D eigenvalue weighted by Crippen LogP contribution is -2.26. The van der Waals surface area contributed by atoms with Gasteiger partial charge >= 0.3 is 5.97 Å². The Bertz CT molecular complexity index is 371. The van der Waals surface area contributed by atoms with Gasteiger partial charge in [0.1, 0.15) is 6.26 Å². The Morgan fingerprint density at radius 2 is 2.40 bits per heavy atom. The largest absolute Gasteiger partial charge is 0.481 e. The first kappa shape index (κ1) is 9.76. The lowest BCUT2D eigenvalue weighted by molar-refractivity contribution is -0.138. The molecule has 15 heavy (non-hydrogen) atoms. The number of rotatable bonds is 4. The molecule has 1 aliphatic rings. The maximum absolute atomic E-state index is 11.4. The summed E-state index contributed by atoms with van der Waals surface area (Å²) in [5.74, 6) is -1.20. The fourth-order valence-corrected chi connectivity index (χ4v) is 1.50. The summed E-state index contributed by atoms with van der Waals surface area (Å²) in [6, 6.07) is 1.57. The molecule has 0 aromatic carbocycles. The highest BCUT2D eigenvalue weighted by molar-refractivity contribution is 5.93. The second-order valence-electron chi connectivity index (χ2n) is 3.66. The molecular weight excluding hydrogens is 198 g/mol. The van der Waals surface area contributed by atoms with E-state index in [2.05, 4.69) is 5.32 Å². The zero-order valence-corrected chi connectivity index (χ0v) is 7.97. The van der Waals surface area contributed by atoms with Crippen LogP contribution in [0.25, 0.3) is 0 Å². The molecule has 5 heteroatoms. The smallest absolute Gasteiger partial charge is 0.306 e. The molecule has 1 aliphatic carbocycles. The summed E-state index contributed by atoms with van der Waals surface area (Å²) in [5, 5.41) is 11.3. The van der Waals surface area contributed by atoms with Crippen molar-refractivity contribution in [1.29, 1.82) is 0 Å². The highest BCUT2D eigenvalue weighted by Crippen LogP contribution is 2.37. The third-order valence-corrected chi connectivity index (χ3v) is 2.55. The number of nitrogens with one attached hydrogen (secondary N) is 1. The van der Waals surface area contributed by atoms with Gasteiger partial charge in [0, 0.05) is 6.54 Å². The summed E-state index contributed by atoms with van der Waals surface area (Å²) >= 11 is 0. The van der Waals surface area contributed by atoms with Gasteiger partial charge in [0.2, 0.25) is 0 Å². The van der Waals surface area contributed by atoms with E-state index in [4.69, 9.17) is 9.52 Å². The zero-order valence-electron chi connectivity index (χ0n) is 7.97. The highest BCUT2D eigenvalue weighted by Gasteiger charge is 2.42. The molecule has 5 nitrogen and oxygen atoms in total. The van der Waals surface area contributed by atoms with Crippen molar-refractivity contribution in [3.63, 3.8) is 0 Å². The van der Waals surface area contributed by atoms with E-state index in [-0.39, 0.29) is 17.7 Å². The molecule has 1 amide bonds. The van der Waals surface area contributed by atoms with Crippen molar-refractivity contribution >= 4 is 11.9 Å². The number of carbonyl (C=O) groups is 2. The number of carboxylic acids is 1. The third-order valence-electron chi connectivity index (χ3n) is 2.55. The zero-order chi connectivity index (χ0) is 10.8. The van der Waals surface area contributed by atoms with Gasteiger partial charge in [-0.15, -0.1) is 0 Å². The molecule has 0 spiro atoms. The van der Waals surface area contributed by atoms with E-state index in [1.54, 1.807) is 6.07 Å². The number of amides is 1. The molecule has 1 heterocycles. The molecule has 1 aromatic heterocycles. The van der Waals surface area contributed by atoms with Gasteiger partial charge in [-0.3, -0.25) is 9.59 Å². The Hall–Kier alpha value is -1.78. The van der Waals surface area contributed by atoms with Crippen LogP contribution in [0.4, 0.5) is 0 Å². The van der Waals surface area contributed by atoms with E-state index in [1.165, 1.54) is 12.5 Å². The Morgan fingerprint density at radius 1 is 1.60 bits per heavy atom. The van der Waals surface area contributed by atoms with Crippen LogP contribution in [0.2, 0.25) is 0 Å². The van der Waals surface area contributed by atoms with E-state index in [0.717, 1.165) is 0 Å². The molecule has 0 unspecified atom stereocenters. The summed E-state index contributed by atoms with van der Waals surface area (Å²) in [6.07, 6.45) is 3.43. The fraction of sp³-hybridized carbons (Fsp3) is 0.400. The number of hydrogen-bond donors (Lipinski definition) is 2. The molecule has 0 aliphatic heterocycles. The summed E-state index contributed by atoms with van der Waals surface area (Å²) < 4.78 is 4.76. The van der Waals surface area contributed by atoms with Gasteiger partial charge in [-0.25, -0.2) is 0 Å². The molecule has 0 bridgehead atoms. The summed E-state index contributed by atoms with van der Waals surface area (Å²) in [6.45, 7) is 0.418. The second-order valence-corrected chi connectivity index (χ2v) is 3.66. The molecule has 1 aromatic rings. The lowest BCUT2D eigenvalue weighted by atomic mass is 10.3. The Kier molecular flexibility index (Phi) is 2.45. The fourth-order valence-electron chi connectivity index (χ4n) is 1.50. The van der Waals surface area contributed by atoms with Crippen LogP contribution in [0.5, 0.6) is 0 Å². The van der Waals surface area contributed by atoms with Crippen LogP contribution in [0.3, 0.4) is 0 Å². The quantitative estimate of drug-likeness (QED) is 0.766. The van der Waals surface area contributed by atoms with Gasteiger partial charge in [-0.2, -0.15) is 0 Å². The maximum atomic E-state index is 11.4. The summed E-state index contributed by atoms with van der Waals surface area (Å²) in [5.41, 5.74) is 0.461. The van der Waals surface area contributed by atoms with Crippen LogP contribution in [-0.4, -0.2) is 23.5 Å². The van der Waals surface area contributed by atoms with E-state index < -0.39 is 5.97 Å². The number of furan rings is 1. The van der Waals surface area contributed by atoms with E-state index >= 15 is 0 Å². The molecule has 2 atom stereocenters. The first-order chi connectivity index (χ1) is 7.18. The van der Waals surface area contributed by atoms with Gasteiger partial charge in [0.25, 0.3) is 5.91 Å². The second kappa shape index (κ2) is 3.76. The topological polar surface area (TPSA) is 79.5 Å². The van der Waals surface area contributed by atoms with Crippen LogP contribution in [-0.2, 0) is 4.79 Å². The minimum absolute atomic E-state index is 0.0818. The van der Waals surface area contributed by atoms with E-state index in [1.807, 2.05) is 0 Å². The van der Waals surface area contributed by atoms with Gasteiger partial charge in [0.15, 0.2) is 0 Å². The predicted molar refractivity (Wildman–Crippen MR) is 50.3 cm³/mol. The standard InChI is InChI=1S/C10H11NO4/c12-9(6-1-2-15-5-6)11-4-7-3-8(7)10(13)14/h1-2,5,7-8H,3-4H2,(H,11,12)(H,13,14)/t7-,8-/m1/s1. The first-order valence-electron chi connectivity index (χ1n) is 4.71. The number of carbonyl (C=O) groups excluding carboxylic acids is 1. The molecule has 1 saturated carbocycles. The van der Waals surface area contributed by atoms with E-state index in [9.17, 15) is 9.59 Å². The van der Waals surface area contributed by atoms with Gasteiger partial charge in [0.05, 0.1) is 17.7 Å². The Labute approximate surface area is 86.1 Å². The van der Waals surface area contributed by atoms with Gasteiger partial charge in [-0.05, 0) is 18.4 Å². The summed E-state index contributed by atoms with van der Waals surface area (Å²) in [4.78, 5) is 21.9. The minimum atomic E-state index is -0.780. The Balaban J connectivity index is 1.76. The molecule has 2 N–H and O–H groups in total. The molecule has 0 saturated heterocycles. The lowest BCUT2D eigenvalue weighted by Gasteiger charge is -2.01. The monoisotopic (exact) mass is 209 g/mol. The van der Waals surface area contributed by atoms with Crippen LogP contribution < -0.4 is 5.32 Å². The molecule has 1 fully saturated rings. The van der Waals surface area contributed by atoms with Crippen molar-refractivity contribution in [3.8, 4) is 0 Å². The summed E-state index contributed by atoms with van der Waals surface area (Å²) in [7, 11) is 0. The van der Waals surface area contributed by atoms with Gasteiger partial charge in [-0.1, -0.05) is 0 Å². The predicted octanol–water partition coefficient (Wildman–Crippen LogP) is 0.730. The van der Waals surface area contributed by atoms with Crippen LogP contribution in [0.1, 0.15) is 16.8 Å². The minimum Gasteiger partial charge on any atom is -0.481 e. The number of carboxylic acid groups (broad SMARTS) is 1. The maximum Gasteiger partial charge on any atom is 0.306 e. The van der Waals surface area contributed by atoms with Crippen molar-refractivity contribution in [2.45, 2.75) is 6.42 Å². The van der Waals surface area contributed by atoms with Crippen molar-refractivity contribution in [2.24, 2.45) is 11.8 Å². The van der Waals surface area contributed by atoms with Crippen LogP contribution >= 0.6 is 0 Å². The number of aliphatic carboxylic acids is 1.